The molecule has 0 bridgehead atoms. The lowest BCUT2D eigenvalue weighted by Gasteiger charge is -2.24. The molecule has 0 aromatic carbocycles. The van der Waals surface area contributed by atoms with Gasteiger partial charge in [0, 0.05) is 19.3 Å². The molecule has 2 rings (SSSR count). The lowest BCUT2D eigenvalue weighted by Crippen LogP contribution is -2.43. The second kappa shape index (κ2) is 5.61. The van der Waals surface area contributed by atoms with Crippen LogP contribution in [0.5, 0.6) is 0 Å². The molecule has 1 saturated carbocycles. The molecule has 1 atom stereocenters. The van der Waals surface area contributed by atoms with Crippen molar-refractivity contribution in [3.8, 4) is 0 Å². The van der Waals surface area contributed by atoms with Gasteiger partial charge in [0.15, 0.2) is 0 Å². The SMILES string of the molecule is O=C(O)C(COC1CCOCC1)NC1CC1. The Balaban J connectivity index is 1.69. The van der Waals surface area contributed by atoms with Crippen molar-refractivity contribution in [1.82, 2.24) is 5.32 Å². The van der Waals surface area contributed by atoms with Crippen LogP contribution in [0.15, 0.2) is 0 Å². The summed E-state index contributed by atoms with van der Waals surface area (Å²) < 4.78 is 10.8. The molecule has 2 fully saturated rings. The first-order valence-corrected chi connectivity index (χ1v) is 5.94. The Morgan fingerprint density at radius 2 is 2.06 bits per heavy atom. The third kappa shape index (κ3) is 3.73. The molecule has 0 aromatic rings. The van der Waals surface area contributed by atoms with E-state index in [1.165, 1.54) is 0 Å². The molecule has 1 aliphatic carbocycles. The largest absolute Gasteiger partial charge is 0.480 e. The van der Waals surface area contributed by atoms with E-state index < -0.39 is 12.0 Å². The van der Waals surface area contributed by atoms with Gasteiger partial charge >= 0.3 is 5.97 Å². The third-order valence-electron chi connectivity index (χ3n) is 2.98. The zero-order chi connectivity index (χ0) is 11.4. The fourth-order valence-corrected chi connectivity index (χ4v) is 1.80. The van der Waals surface area contributed by atoms with Crippen molar-refractivity contribution < 1.29 is 19.4 Å². The average Bonchev–Trinajstić information content (AvgIpc) is 3.09. The Morgan fingerprint density at radius 1 is 1.38 bits per heavy atom. The van der Waals surface area contributed by atoms with Crippen molar-refractivity contribution in [2.24, 2.45) is 0 Å². The molecule has 2 N–H and O–H groups in total. The highest BCUT2D eigenvalue weighted by Gasteiger charge is 2.29. The summed E-state index contributed by atoms with van der Waals surface area (Å²) >= 11 is 0. The number of nitrogens with one attached hydrogen (secondary N) is 1. The summed E-state index contributed by atoms with van der Waals surface area (Å²) in [7, 11) is 0. The number of carbonyl (C=O) groups is 1. The number of hydrogen-bond donors (Lipinski definition) is 2. The number of rotatable bonds is 6. The predicted octanol–water partition coefficient (Wildman–Crippen LogP) is 0.387. The zero-order valence-corrected chi connectivity index (χ0v) is 9.35. The Bertz CT molecular complexity index is 236. The van der Waals surface area contributed by atoms with Crippen LogP contribution in [0.2, 0.25) is 0 Å². The second-order valence-corrected chi connectivity index (χ2v) is 4.48. The van der Waals surface area contributed by atoms with E-state index in [2.05, 4.69) is 5.32 Å². The Morgan fingerprint density at radius 3 is 2.62 bits per heavy atom. The molecule has 1 unspecified atom stereocenters. The summed E-state index contributed by atoms with van der Waals surface area (Å²) in [4.78, 5) is 11.0. The van der Waals surface area contributed by atoms with Gasteiger partial charge in [-0.25, -0.2) is 0 Å². The van der Waals surface area contributed by atoms with E-state index in [-0.39, 0.29) is 12.7 Å². The zero-order valence-electron chi connectivity index (χ0n) is 9.35. The van der Waals surface area contributed by atoms with Crippen LogP contribution in [0.3, 0.4) is 0 Å². The summed E-state index contributed by atoms with van der Waals surface area (Å²) in [5.74, 6) is -0.820. The van der Waals surface area contributed by atoms with Crippen LogP contribution in [-0.4, -0.2) is 49.1 Å². The first-order valence-electron chi connectivity index (χ1n) is 5.94. The van der Waals surface area contributed by atoms with Gasteiger partial charge in [-0.15, -0.1) is 0 Å². The predicted molar refractivity (Wildman–Crippen MR) is 57.4 cm³/mol. The molecule has 0 radical (unpaired) electrons. The van der Waals surface area contributed by atoms with E-state index in [4.69, 9.17) is 14.6 Å². The lowest BCUT2D eigenvalue weighted by atomic mass is 10.1. The van der Waals surface area contributed by atoms with E-state index in [0.717, 1.165) is 38.9 Å². The quantitative estimate of drug-likeness (QED) is 0.689. The maximum Gasteiger partial charge on any atom is 0.323 e. The molecule has 1 saturated heterocycles. The minimum atomic E-state index is -0.820. The Kier molecular flexibility index (Phi) is 4.15. The Labute approximate surface area is 95.1 Å². The third-order valence-corrected chi connectivity index (χ3v) is 2.98. The van der Waals surface area contributed by atoms with E-state index in [1.54, 1.807) is 0 Å². The highest BCUT2D eigenvalue weighted by Crippen LogP contribution is 2.20. The number of carboxylic acids is 1. The standard InChI is InChI=1S/C11H19NO4/c13-11(14)10(12-8-1-2-8)7-16-9-3-5-15-6-4-9/h8-10,12H,1-7H2,(H,13,14). The van der Waals surface area contributed by atoms with Crippen LogP contribution in [0, 0.1) is 0 Å². The van der Waals surface area contributed by atoms with Gasteiger partial charge in [-0.1, -0.05) is 0 Å². The van der Waals surface area contributed by atoms with Crippen molar-refractivity contribution >= 4 is 5.97 Å². The van der Waals surface area contributed by atoms with Gasteiger partial charge in [-0.05, 0) is 25.7 Å². The first-order chi connectivity index (χ1) is 7.75. The van der Waals surface area contributed by atoms with E-state index in [9.17, 15) is 4.79 Å². The summed E-state index contributed by atoms with van der Waals surface area (Å²) in [5, 5.41) is 12.1. The molecule has 1 heterocycles. The highest BCUT2D eigenvalue weighted by atomic mass is 16.5. The molecule has 1 aliphatic heterocycles. The van der Waals surface area contributed by atoms with Gasteiger partial charge in [-0.3, -0.25) is 10.1 Å². The lowest BCUT2D eigenvalue weighted by molar-refractivity contribution is -0.142. The second-order valence-electron chi connectivity index (χ2n) is 4.48. The van der Waals surface area contributed by atoms with Crippen LogP contribution < -0.4 is 5.32 Å². The van der Waals surface area contributed by atoms with Gasteiger partial charge in [0.25, 0.3) is 0 Å². The van der Waals surface area contributed by atoms with Gasteiger partial charge < -0.3 is 14.6 Å². The number of carboxylic acid groups (broad SMARTS) is 1. The molecular weight excluding hydrogens is 210 g/mol. The maximum atomic E-state index is 11.0. The summed E-state index contributed by atoms with van der Waals surface area (Å²) in [5.41, 5.74) is 0. The highest BCUT2D eigenvalue weighted by molar-refractivity contribution is 5.73. The van der Waals surface area contributed by atoms with Crippen LogP contribution in [0.25, 0.3) is 0 Å². The van der Waals surface area contributed by atoms with Crippen molar-refractivity contribution in [2.45, 2.75) is 43.9 Å². The minimum absolute atomic E-state index is 0.164. The van der Waals surface area contributed by atoms with Crippen LogP contribution in [0.1, 0.15) is 25.7 Å². The molecule has 5 heteroatoms. The van der Waals surface area contributed by atoms with Crippen LogP contribution in [0.4, 0.5) is 0 Å². The van der Waals surface area contributed by atoms with Gasteiger partial charge in [0.05, 0.1) is 12.7 Å². The van der Waals surface area contributed by atoms with Gasteiger partial charge in [0.2, 0.25) is 0 Å². The number of hydrogen-bond acceptors (Lipinski definition) is 4. The minimum Gasteiger partial charge on any atom is -0.480 e. The summed E-state index contributed by atoms with van der Waals surface area (Å²) in [6, 6.07) is -0.172. The molecule has 5 nitrogen and oxygen atoms in total. The van der Waals surface area contributed by atoms with Gasteiger partial charge in [-0.2, -0.15) is 0 Å². The molecule has 0 aromatic heterocycles. The molecular formula is C11H19NO4. The normalized spacial score (nSPS) is 24.2. The molecule has 92 valence electrons. The van der Waals surface area contributed by atoms with E-state index in [0.29, 0.717) is 6.04 Å². The average molecular weight is 229 g/mol. The van der Waals surface area contributed by atoms with E-state index >= 15 is 0 Å². The van der Waals surface area contributed by atoms with Gasteiger partial charge in [0.1, 0.15) is 6.04 Å². The smallest absolute Gasteiger partial charge is 0.323 e. The molecule has 0 spiro atoms. The molecule has 0 amide bonds. The number of aliphatic carboxylic acids is 1. The first kappa shape index (κ1) is 11.8. The fourth-order valence-electron chi connectivity index (χ4n) is 1.80. The maximum absolute atomic E-state index is 11.0. The van der Waals surface area contributed by atoms with Crippen molar-refractivity contribution in [3.05, 3.63) is 0 Å². The van der Waals surface area contributed by atoms with Crippen molar-refractivity contribution in [2.75, 3.05) is 19.8 Å². The van der Waals surface area contributed by atoms with Crippen LogP contribution >= 0.6 is 0 Å². The van der Waals surface area contributed by atoms with Crippen molar-refractivity contribution in [1.29, 1.82) is 0 Å². The monoisotopic (exact) mass is 229 g/mol. The summed E-state index contributed by atoms with van der Waals surface area (Å²) in [6.07, 6.45) is 4.07. The van der Waals surface area contributed by atoms with E-state index in [1.807, 2.05) is 0 Å². The topological polar surface area (TPSA) is 67.8 Å². The Hall–Kier alpha value is -0.650. The summed E-state index contributed by atoms with van der Waals surface area (Å²) in [6.45, 7) is 1.70. The fraction of sp³-hybridized carbons (Fsp3) is 0.909. The number of ether oxygens (including phenoxy) is 2. The van der Waals surface area contributed by atoms with Crippen LogP contribution in [-0.2, 0) is 14.3 Å². The van der Waals surface area contributed by atoms with Crippen molar-refractivity contribution in [3.63, 3.8) is 0 Å². The molecule has 16 heavy (non-hydrogen) atoms. The molecule has 2 aliphatic rings.